The first-order valence-electron chi connectivity index (χ1n) is 9.25. The lowest BCUT2D eigenvalue weighted by Crippen LogP contribution is -2.33. The van der Waals surface area contributed by atoms with Gasteiger partial charge in [-0.25, -0.2) is 9.97 Å². The van der Waals surface area contributed by atoms with Crippen molar-refractivity contribution >= 4 is 17.5 Å². The molecule has 132 valence electrons. The fraction of sp³-hybridized carbons (Fsp3) is 0.556. The first kappa shape index (κ1) is 16.1. The number of anilines is 3. The van der Waals surface area contributed by atoms with Crippen molar-refractivity contribution in [2.75, 3.05) is 54.0 Å². The summed E-state index contributed by atoms with van der Waals surface area (Å²) >= 11 is 0. The molecule has 2 aromatic rings. The molecular weight excluding hydrogens is 314 g/mol. The molecule has 2 aliphatic rings. The molecule has 0 N–H and O–H groups in total. The summed E-state index contributed by atoms with van der Waals surface area (Å²) in [5.74, 6) is 3.07. The van der Waals surface area contributed by atoms with Gasteiger partial charge in [0.25, 0.3) is 0 Å². The maximum Gasteiger partial charge on any atom is 0.151 e. The third-order valence-electron chi connectivity index (χ3n) is 5.02. The first-order valence-corrected chi connectivity index (χ1v) is 9.25. The summed E-state index contributed by atoms with van der Waals surface area (Å²) in [5.41, 5.74) is 0. The number of hydrogen-bond donors (Lipinski definition) is 0. The van der Waals surface area contributed by atoms with Crippen LogP contribution in [0.5, 0.6) is 0 Å². The van der Waals surface area contributed by atoms with Gasteiger partial charge in [0, 0.05) is 51.5 Å². The maximum absolute atomic E-state index is 4.54. The normalized spacial score (nSPS) is 19.0. The van der Waals surface area contributed by atoms with Crippen LogP contribution in [0, 0.1) is 0 Å². The molecule has 4 rings (SSSR count). The third-order valence-corrected chi connectivity index (χ3v) is 5.02. The Labute approximate surface area is 148 Å². The zero-order chi connectivity index (χ0) is 16.9. The minimum absolute atomic E-state index is 0.932. The minimum atomic E-state index is 0.932. The van der Waals surface area contributed by atoms with Gasteiger partial charge in [-0.2, -0.15) is 5.10 Å². The van der Waals surface area contributed by atoms with E-state index in [2.05, 4.69) is 40.9 Å². The van der Waals surface area contributed by atoms with Gasteiger partial charge in [0.15, 0.2) is 5.82 Å². The van der Waals surface area contributed by atoms with Crippen LogP contribution in [-0.4, -0.2) is 59.4 Å². The first-order chi connectivity index (χ1) is 12.4. The molecule has 0 radical (unpaired) electrons. The average molecular weight is 339 g/mol. The zero-order valence-electron chi connectivity index (χ0n) is 14.6. The molecule has 0 unspecified atom stereocenters. The predicted molar refractivity (Wildman–Crippen MR) is 99.2 cm³/mol. The molecule has 2 fully saturated rings. The van der Waals surface area contributed by atoms with Crippen molar-refractivity contribution in [2.45, 2.75) is 25.7 Å². The Morgan fingerprint density at radius 2 is 1.32 bits per heavy atom. The van der Waals surface area contributed by atoms with E-state index in [9.17, 15) is 0 Å². The smallest absolute Gasteiger partial charge is 0.151 e. The van der Waals surface area contributed by atoms with Crippen LogP contribution < -0.4 is 14.7 Å². The molecule has 2 aliphatic heterocycles. The summed E-state index contributed by atoms with van der Waals surface area (Å²) in [6.45, 7) is 6.09. The fourth-order valence-corrected chi connectivity index (χ4v) is 3.64. The number of hydrogen-bond acceptors (Lipinski definition) is 7. The Kier molecular flexibility index (Phi) is 4.90. The van der Waals surface area contributed by atoms with Crippen LogP contribution in [0.2, 0.25) is 0 Å². The van der Waals surface area contributed by atoms with Gasteiger partial charge in [-0.15, -0.1) is 5.10 Å². The Hall–Kier alpha value is -2.44. The van der Waals surface area contributed by atoms with E-state index in [1.807, 2.05) is 12.1 Å². The Balaban J connectivity index is 1.45. The van der Waals surface area contributed by atoms with Crippen molar-refractivity contribution in [3.63, 3.8) is 0 Å². The second-order valence-electron chi connectivity index (χ2n) is 6.69. The highest BCUT2D eigenvalue weighted by molar-refractivity contribution is 5.51. The van der Waals surface area contributed by atoms with Gasteiger partial charge in [-0.1, -0.05) is 0 Å². The van der Waals surface area contributed by atoms with E-state index in [1.54, 1.807) is 12.5 Å². The standard InChI is InChI=1S/C18H25N7/c1-2-8-23(9-3-1)17-14-18(20-15-19-17)25-11-5-10-24(12-13-25)16-6-4-7-21-22-16/h4,6-7,14-15H,1-3,5,8-13H2. The molecular formula is C18H25N7. The number of aromatic nitrogens is 4. The van der Waals surface area contributed by atoms with Crippen molar-refractivity contribution in [1.29, 1.82) is 0 Å². The summed E-state index contributed by atoms with van der Waals surface area (Å²) in [7, 11) is 0. The molecule has 0 saturated carbocycles. The van der Waals surface area contributed by atoms with Crippen molar-refractivity contribution in [1.82, 2.24) is 20.2 Å². The molecule has 4 heterocycles. The molecule has 0 aromatic carbocycles. The van der Waals surface area contributed by atoms with Crippen molar-refractivity contribution < 1.29 is 0 Å². The van der Waals surface area contributed by atoms with Crippen LogP contribution in [0.1, 0.15) is 25.7 Å². The van der Waals surface area contributed by atoms with Crippen LogP contribution in [0.4, 0.5) is 17.5 Å². The quantitative estimate of drug-likeness (QED) is 0.847. The molecule has 0 bridgehead atoms. The topological polar surface area (TPSA) is 61.3 Å². The summed E-state index contributed by atoms with van der Waals surface area (Å²) in [4.78, 5) is 16.1. The second kappa shape index (κ2) is 7.63. The lowest BCUT2D eigenvalue weighted by molar-refractivity contribution is 0.573. The molecule has 2 aromatic heterocycles. The highest BCUT2D eigenvalue weighted by atomic mass is 15.3. The van der Waals surface area contributed by atoms with E-state index in [-0.39, 0.29) is 0 Å². The molecule has 0 aliphatic carbocycles. The molecule has 0 spiro atoms. The van der Waals surface area contributed by atoms with Crippen LogP contribution in [0.3, 0.4) is 0 Å². The van der Waals surface area contributed by atoms with E-state index in [0.717, 1.165) is 63.1 Å². The molecule has 2 saturated heterocycles. The summed E-state index contributed by atoms with van der Waals surface area (Å²) in [6.07, 6.45) is 8.37. The molecule has 0 amide bonds. The van der Waals surface area contributed by atoms with E-state index in [0.29, 0.717) is 0 Å². The highest BCUT2D eigenvalue weighted by Crippen LogP contribution is 2.22. The van der Waals surface area contributed by atoms with E-state index >= 15 is 0 Å². The van der Waals surface area contributed by atoms with Gasteiger partial charge in [0.1, 0.15) is 18.0 Å². The van der Waals surface area contributed by atoms with Crippen LogP contribution >= 0.6 is 0 Å². The molecule has 0 atom stereocenters. The third kappa shape index (κ3) is 3.81. The Morgan fingerprint density at radius 1 is 0.680 bits per heavy atom. The van der Waals surface area contributed by atoms with E-state index in [1.165, 1.54) is 19.3 Å². The Bertz CT molecular complexity index is 672. The summed E-state index contributed by atoms with van der Waals surface area (Å²) in [5, 5.41) is 8.24. The van der Waals surface area contributed by atoms with Crippen LogP contribution in [0.25, 0.3) is 0 Å². The molecule has 7 heteroatoms. The van der Waals surface area contributed by atoms with Gasteiger partial charge < -0.3 is 14.7 Å². The van der Waals surface area contributed by atoms with Gasteiger partial charge in [-0.05, 0) is 37.8 Å². The molecule has 7 nitrogen and oxygen atoms in total. The number of nitrogens with zero attached hydrogens (tertiary/aromatic N) is 7. The Morgan fingerprint density at radius 3 is 2.00 bits per heavy atom. The minimum Gasteiger partial charge on any atom is -0.356 e. The highest BCUT2D eigenvalue weighted by Gasteiger charge is 2.19. The van der Waals surface area contributed by atoms with Crippen LogP contribution in [0.15, 0.2) is 30.7 Å². The van der Waals surface area contributed by atoms with Gasteiger partial charge in [0.2, 0.25) is 0 Å². The largest absolute Gasteiger partial charge is 0.356 e. The van der Waals surface area contributed by atoms with Gasteiger partial charge >= 0.3 is 0 Å². The monoisotopic (exact) mass is 339 g/mol. The average Bonchev–Trinajstić information content (AvgIpc) is 2.96. The van der Waals surface area contributed by atoms with Crippen molar-refractivity contribution in [3.8, 4) is 0 Å². The lowest BCUT2D eigenvalue weighted by atomic mass is 10.1. The number of rotatable bonds is 3. The fourth-order valence-electron chi connectivity index (χ4n) is 3.64. The van der Waals surface area contributed by atoms with E-state index < -0.39 is 0 Å². The SMILES string of the molecule is c1cnnc(N2CCCN(c3cc(N4CCCCC4)ncn3)CC2)c1. The van der Waals surface area contributed by atoms with Gasteiger partial charge in [0.05, 0.1) is 0 Å². The van der Waals surface area contributed by atoms with E-state index in [4.69, 9.17) is 0 Å². The predicted octanol–water partition coefficient (Wildman–Crippen LogP) is 1.97. The zero-order valence-corrected chi connectivity index (χ0v) is 14.6. The molecule has 25 heavy (non-hydrogen) atoms. The van der Waals surface area contributed by atoms with Crippen molar-refractivity contribution in [2.24, 2.45) is 0 Å². The maximum atomic E-state index is 4.54. The van der Waals surface area contributed by atoms with Crippen LogP contribution in [-0.2, 0) is 0 Å². The summed E-state index contributed by atoms with van der Waals surface area (Å²) in [6, 6.07) is 6.13. The number of piperidine rings is 1. The van der Waals surface area contributed by atoms with Crippen molar-refractivity contribution in [3.05, 3.63) is 30.7 Å². The van der Waals surface area contributed by atoms with Gasteiger partial charge in [-0.3, -0.25) is 0 Å². The lowest BCUT2D eigenvalue weighted by Gasteiger charge is -2.29. The summed E-state index contributed by atoms with van der Waals surface area (Å²) < 4.78 is 0. The second-order valence-corrected chi connectivity index (χ2v) is 6.69.